The second-order valence-corrected chi connectivity index (χ2v) is 2.40. The zero-order valence-electron chi connectivity index (χ0n) is 7.12. The van der Waals surface area contributed by atoms with Crippen molar-refractivity contribution in [1.29, 1.82) is 0 Å². The zero-order valence-corrected chi connectivity index (χ0v) is 7.12. The van der Waals surface area contributed by atoms with E-state index in [0.29, 0.717) is 5.82 Å². The van der Waals surface area contributed by atoms with Crippen LogP contribution in [0.4, 0.5) is 5.82 Å². The average molecular weight is 160 g/mol. The first-order chi connectivity index (χ1) is 5.79. The molecule has 0 aromatic carbocycles. The van der Waals surface area contributed by atoms with Gasteiger partial charge in [-0.05, 0) is 18.6 Å². The lowest BCUT2D eigenvalue weighted by Crippen LogP contribution is -1.94. The van der Waals surface area contributed by atoms with Gasteiger partial charge in [-0.3, -0.25) is 0 Å². The standard InChI is InChI=1S/C10H12N2/c1-3-5-8-6-7-12-10(11)9(8)4-2/h3-7H,2H2,1H3,(H2,11,12)/b5-3-. The number of hydrogen-bond donors (Lipinski definition) is 1. The SMILES string of the molecule is C=Cc1c(/C=C\C)ccnc1N. The summed E-state index contributed by atoms with van der Waals surface area (Å²) in [6.07, 6.45) is 7.35. The number of allylic oxidation sites excluding steroid dienone is 1. The Kier molecular flexibility index (Phi) is 2.64. The zero-order chi connectivity index (χ0) is 8.97. The van der Waals surface area contributed by atoms with Crippen LogP contribution >= 0.6 is 0 Å². The van der Waals surface area contributed by atoms with Crippen LogP contribution in [0.15, 0.2) is 24.9 Å². The van der Waals surface area contributed by atoms with Gasteiger partial charge in [0.25, 0.3) is 0 Å². The summed E-state index contributed by atoms with van der Waals surface area (Å²) in [6, 6.07) is 1.91. The highest BCUT2D eigenvalue weighted by Crippen LogP contribution is 2.16. The molecule has 0 spiro atoms. The molecule has 12 heavy (non-hydrogen) atoms. The molecule has 62 valence electrons. The number of pyridine rings is 1. The van der Waals surface area contributed by atoms with Crippen LogP contribution in [0.2, 0.25) is 0 Å². The molecule has 1 aromatic rings. The second kappa shape index (κ2) is 3.72. The van der Waals surface area contributed by atoms with Gasteiger partial charge in [-0.2, -0.15) is 0 Å². The highest BCUT2D eigenvalue weighted by molar-refractivity contribution is 5.71. The van der Waals surface area contributed by atoms with E-state index in [0.717, 1.165) is 11.1 Å². The van der Waals surface area contributed by atoms with Gasteiger partial charge in [0.1, 0.15) is 5.82 Å². The van der Waals surface area contributed by atoms with Gasteiger partial charge in [0, 0.05) is 11.8 Å². The largest absolute Gasteiger partial charge is 0.383 e. The highest BCUT2D eigenvalue weighted by atomic mass is 14.8. The summed E-state index contributed by atoms with van der Waals surface area (Å²) in [4.78, 5) is 3.97. The van der Waals surface area contributed by atoms with Crippen LogP contribution in [-0.2, 0) is 0 Å². The topological polar surface area (TPSA) is 38.9 Å². The van der Waals surface area contributed by atoms with Crippen LogP contribution in [0.3, 0.4) is 0 Å². The third-order valence-electron chi connectivity index (χ3n) is 1.61. The predicted molar refractivity (Wildman–Crippen MR) is 53.4 cm³/mol. The summed E-state index contributed by atoms with van der Waals surface area (Å²) in [5, 5.41) is 0. The van der Waals surface area contributed by atoms with Crippen LogP contribution in [0.1, 0.15) is 18.1 Å². The fourth-order valence-corrected chi connectivity index (χ4v) is 1.05. The van der Waals surface area contributed by atoms with Crippen molar-refractivity contribution in [3.8, 4) is 0 Å². The minimum absolute atomic E-state index is 0.528. The van der Waals surface area contributed by atoms with Crippen molar-refractivity contribution >= 4 is 18.0 Å². The van der Waals surface area contributed by atoms with Crippen molar-refractivity contribution in [2.24, 2.45) is 0 Å². The fraction of sp³-hybridized carbons (Fsp3) is 0.100. The Morgan fingerprint density at radius 2 is 2.33 bits per heavy atom. The number of nitrogens with two attached hydrogens (primary N) is 1. The first-order valence-electron chi connectivity index (χ1n) is 3.79. The Labute approximate surface area is 72.4 Å². The van der Waals surface area contributed by atoms with E-state index in [-0.39, 0.29) is 0 Å². The first-order valence-corrected chi connectivity index (χ1v) is 3.79. The van der Waals surface area contributed by atoms with Gasteiger partial charge in [-0.15, -0.1) is 0 Å². The number of anilines is 1. The highest BCUT2D eigenvalue weighted by Gasteiger charge is 1.99. The molecule has 0 unspecified atom stereocenters. The van der Waals surface area contributed by atoms with Crippen LogP contribution in [-0.4, -0.2) is 4.98 Å². The summed E-state index contributed by atoms with van der Waals surface area (Å²) in [5.41, 5.74) is 7.60. The molecule has 2 heteroatoms. The number of nitrogens with zero attached hydrogens (tertiary/aromatic N) is 1. The van der Waals surface area contributed by atoms with Gasteiger partial charge in [0.15, 0.2) is 0 Å². The summed E-state index contributed by atoms with van der Waals surface area (Å²) in [6.45, 7) is 5.64. The maximum absolute atomic E-state index is 5.65. The Balaban J connectivity index is 3.27. The lowest BCUT2D eigenvalue weighted by atomic mass is 10.1. The second-order valence-electron chi connectivity index (χ2n) is 2.40. The molecule has 1 aromatic heterocycles. The molecule has 2 N–H and O–H groups in total. The molecular formula is C10H12N2. The summed E-state index contributed by atoms with van der Waals surface area (Å²) >= 11 is 0. The molecule has 1 rings (SSSR count). The number of nitrogen functional groups attached to an aromatic ring is 1. The van der Waals surface area contributed by atoms with E-state index in [1.807, 2.05) is 25.1 Å². The Bertz CT molecular complexity index is 314. The molecule has 0 radical (unpaired) electrons. The van der Waals surface area contributed by atoms with E-state index in [9.17, 15) is 0 Å². The molecular weight excluding hydrogens is 148 g/mol. The third-order valence-corrected chi connectivity index (χ3v) is 1.61. The summed E-state index contributed by atoms with van der Waals surface area (Å²) in [7, 11) is 0. The molecule has 0 aliphatic heterocycles. The van der Waals surface area contributed by atoms with Crippen molar-refractivity contribution < 1.29 is 0 Å². The normalized spacial score (nSPS) is 10.4. The maximum Gasteiger partial charge on any atom is 0.131 e. The van der Waals surface area contributed by atoms with Crippen LogP contribution in [0.5, 0.6) is 0 Å². The molecule has 0 aliphatic carbocycles. The van der Waals surface area contributed by atoms with Gasteiger partial charge < -0.3 is 5.73 Å². The van der Waals surface area contributed by atoms with Gasteiger partial charge in [0.05, 0.1) is 0 Å². The smallest absolute Gasteiger partial charge is 0.131 e. The van der Waals surface area contributed by atoms with E-state index in [1.165, 1.54) is 0 Å². The number of rotatable bonds is 2. The first kappa shape index (κ1) is 8.53. The van der Waals surface area contributed by atoms with Crippen molar-refractivity contribution in [3.05, 3.63) is 36.0 Å². The minimum Gasteiger partial charge on any atom is -0.383 e. The average Bonchev–Trinajstić information content (AvgIpc) is 2.05. The minimum atomic E-state index is 0.528. The van der Waals surface area contributed by atoms with Gasteiger partial charge in [-0.1, -0.05) is 24.8 Å². The van der Waals surface area contributed by atoms with Crippen molar-refractivity contribution in [2.75, 3.05) is 5.73 Å². The van der Waals surface area contributed by atoms with E-state index in [4.69, 9.17) is 5.73 Å². The summed E-state index contributed by atoms with van der Waals surface area (Å²) in [5.74, 6) is 0.528. The molecule has 0 atom stereocenters. The Morgan fingerprint density at radius 1 is 1.58 bits per heavy atom. The lowest BCUT2D eigenvalue weighted by molar-refractivity contribution is 1.32. The van der Waals surface area contributed by atoms with Gasteiger partial charge in [0.2, 0.25) is 0 Å². The fourth-order valence-electron chi connectivity index (χ4n) is 1.05. The van der Waals surface area contributed by atoms with E-state index >= 15 is 0 Å². The van der Waals surface area contributed by atoms with Crippen molar-refractivity contribution in [2.45, 2.75) is 6.92 Å². The Hall–Kier alpha value is -1.57. The van der Waals surface area contributed by atoms with Gasteiger partial charge >= 0.3 is 0 Å². The third kappa shape index (κ3) is 1.53. The maximum atomic E-state index is 5.65. The number of hydrogen-bond acceptors (Lipinski definition) is 2. The van der Waals surface area contributed by atoms with Crippen LogP contribution in [0.25, 0.3) is 12.2 Å². The van der Waals surface area contributed by atoms with E-state index < -0.39 is 0 Å². The summed E-state index contributed by atoms with van der Waals surface area (Å²) < 4.78 is 0. The van der Waals surface area contributed by atoms with E-state index in [2.05, 4.69) is 11.6 Å². The number of aromatic nitrogens is 1. The Morgan fingerprint density at radius 3 is 2.92 bits per heavy atom. The lowest BCUT2D eigenvalue weighted by Gasteiger charge is -2.02. The monoisotopic (exact) mass is 160 g/mol. The molecule has 1 heterocycles. The molecule has 0 saturated heterocycles. The molecule has 0 fully saturated rings. The quantitative estimate of drug-likeness (QED) is 0.721. The van der Waals surface area contributed by atoms with Crippen molar-refractivity contribution in [1.82, 2.24) is 4.98 Å². The molecule has 0 aliphatic rings. The molecule has 0 bridgehead atoms. The molecule has 0 amide bonds. The van der Waals surface area contributed by atoms with E-state index in [1.54, 1.807) is 12.3 Å². The van der Waals surface area contributed by atoms with Gasteiger partial charge in [-0.25, -0.2) is 4.98 Å². The van der Waals surface area contributed by atoms with Crippen LogP contribution < -0.4 is 5.73 Å². The van der Waals surface area contributed by atoms with Crippen molar-refractivity contribution in [3.63, 3.8) is 0 Å². The molecule has 2 nitrogen and oxygen atoms in total. The van der Waals surface area contributed by atoms with Crippen LogP contribution in [0, 0.1) is 0 Å². The predicted octanol–water partition coefficient (Wildman–Crippen LogP) is 2.34. The molecule has 0 saturated carbocycles.